The van der Waals surface area contributed by atoms with Gasteiger partial charge in [0.1, 0.15) is 5.82 Å². The number of halogens is 2. The van der Waals surface area contributed by atoms with Crippen molar-refractivity contribution in [1.29, 1.82) is 0 Å². The number of carbonyl (C=O) groups is 1. The Morgan fingerprint density at radius 2 is 2.08 bits per heavy atom. The third-order valence-corrected chi connectivity index (χ3v) is 4.08. The van der Waals surface area contributed by atoms with Gasteiger partial charge in [0.25, 0.3) is 5.56 Å². The lowest BCUT2D eigenvalue weighted by atomic mass is 10.2. The zero-order chi connectivity index (χ0) is 17.1. The first-order chi connectivity index (χ1) is 11.5. The average molecular weight is 408 g/mol. The van der Waals surface area contributed by atoms with Crippen LogP contribution in [-0.2, 0) is 11.3 Å². The fraction of sp³-hybridized carbons (Fsp3) is 0.125. The summed E-state index contributed by atoms with van der Waals surface area (Å²) >= 11 is 9.08. The number of hydrogen-bond acceptors (Lipinski definition) is 4. The van der Waals surface area contributed by atoms with Gasteiger partial charge in [-0.2, -0.15) is 0 Å². The van der Waals surface area contributed by atoms with Crippen LogP contribution < -0.4 is 10.9 Å². The van der Waals surface area contributed by atoms with Gasteiger partial charge in [-0.25, -0.2) is 9.97 Å². The number of benzene rings is 1. The van der Waals surface area contributed by atoms with E-state index in [1.807, 2.05) is 6.07 Å². The molecule has 0 fully saturated rings. The standard InChI is InChI=1S/C16H12BrClN4O2/c17-10-1-3-13-12(7-10)16(24)22(9-20-13)6-5-15(23)21-14-4-2-11(18)8-19-14/h1-4,7-9H,5-6H2,(H,19,21,23). The molecule has 1 aromatic carbocycles. The van der Waals surface area contributed by atoms with E-state index in [0.29, 0.717) is 21.7 Å². The summed E-state index contributed by atoms with van der Waals surface area (Å²) < 4.78 is 2.22. The Balaban J connectivity index is 1.71. The van der Waals surface area contributed by atoms with Crippen LogP contribution in [0.5, 0.6) is 0 Å². The molecular weight excluding hydrogens is 396 g/mol. The van der Waals surface area contributed by atoms with Crippen molar-refractivity contribution in [2.24, 2.45) is 0 Å². The Hall–Kier alpha value is -2.25. The molecule has 0 bridgehead atoms. The first-order valence-electron chi connectivity index (χ1n) is 7.09. The smallest absolute Gasteiger partial charge is 0.261 e. The van der Waals surface area contributed by atoms with Crippen LogP contribution in [0.3, 0.4) is 0 Å². The number of rotatable bonds is 4. The molecule has 6 nitrogen and oxygen atoms in total. The molecule has 8 heteroatoms. The summed E-state index contributed by atoms with van der Waals surface area (Å²) in [6, 6.07) is 8.57. The van der Waals surface area contributed by atoms with E-state index in [1.54, 1.807) is 24.3 Å². The van der Waals surface area contributed by atoms with Crippen LogP contribution in [0.1, 0.15) is 6.42 Å². The molecule has 3 rings (SSSR count). The summed E-state index contributed by atoms with van der Waals surface area (Å²) in [4.78, 5) is 32.6. The molecule has 122 valence electrons. The predicted molar refractivity (Wildman–Crippen MR) is 96.2 cm³/mol. The van der Waals surface area contributed by atoms with Gasteiger partial charge in [0.2, 0.25) is 5.91 Å². The van der Waals surface area contributed by atoms with Gasteiger partial charge < -0.3 is 5.32 Å². The number of fused-ring (bicyclic) bond motifs is 1. The Morgan fingerprint density at radius 3 is 2.83 bits per heavy atom. The summed E-state index contributed by atoms with van der Waals surface area (Å²) in [5.41, 5.74) is 0.438. The van der Waals surface area contributed by atoms with E-state index in [9.17, 15) is 9.59 Å². The monoisotopic (exact) mass is 406 g/mol. The van der Waals surface area contributed by atoms with Gasteiger partial charge in [-0.15, -0.1) is 0 Å². The Labute approximate surface area is 150 Å². The predicted octanol–water partition coefficient (Wildman–Crippen LogP) is 3.24. The fourth-order valence-electron chi connectivity index (χ4n) is 2.17. The highest BCUT2D eigenvalue weighted by atomic mass is 79.9. The molecule has 0 spiro atoms. The number of pyridine rings is 1. The second-order valence-electron chi connectivity index (χ2n) is 5.06. The summed E-state index contributed by atoms with van der Waals surface area (Å²) in [5, 5.41) is 3.65. The average Bonchev–Trinajstić information content (AvgIpc) is 2.57. The van der Waals surface area contributed by atoms with Gasteiger partial charge in [0.05, 0.1) is 22.3 Å². The molecule has 1 amide bonds. The van der Waals surface area contributed by atoms with E-state index < -0.39 is 0 Å². The third-order valence-electron chi connectivity index (χ3n) is 3.36. The first kappa shape index (κ1) is 16.6. The van der Waals surface area contributed by atoms with Gasteiger partial charge in [0.15, 0.2) is 0 Å². The van der Waals surface area contributed by atoms with Gasteiger partial charge in [-0.05, 0) is 30.3 Å². The highest BCUT2D eigenvalue weighted by Crippen LogP contribution is 2.15. The molecule has 0 radical (unpaired) electrons. The van der Waals surface area contributed by atoms with E-state index in [-0.39, 0.29) is 24.4 Å². The number of aromatic nitrogens is 3. The van der Waals surface area contributed by atoms with Crippen LogP contribution in [0.2, 0.25) is 5.02 Å². The highest BCUT2D eigenvalue weighted by molar-refractivity contribution is 9.10. The zero-order valence-corrected chi connectivity index (χ0v) is 14.7. The van der Waals surface area contributed by atoms with Crippen LogP contribution in [0, 0.1) is 0 Å². The van der Waals surface area contributed by atoms with E-state index >= 15 is 0 Å². The summed E-state index contributed by atoms with van der Waals surface area (Å²) in [6.45, 7) is 0.230. The number of hydrogen-bond donors (Lipinski definition) is 1. The second-order valence-corrected chi connectivity index (χ2v) is 6.42. The molecule has 0 aliphatic rings. The summed E-state index contributed by atoms with van der Waals surface area (Å²) in [5.74, 6) is 0.170. The van der Waals surface area contributed by atoms with E-state index in [0.717, 1.165) is 4.47 Å². The van der Waals surface area contributed by atoms with E-state index in [4.69, 9.17) is 11.6 Å². The van der Waals surface area contributed by atoms with Crippen molar-refractivity contribution in [3.63, 3.8) is 0 Å². The van der Waals surface area contributed by atoms with Crippen molar-refractivity contribution in [3.05, 3.63) is 62.7 Å². The maximum atomic E-state index is 12.4. The Morgan fingerprint density at radius 1 is 1.25 bits per heavy atom. The lowest BCUT2D eigenvalue weighted by Gasteiger charge is -2.07. The third kappa shape index (κ3) is 3.80. The van der Waals surface area contributed by atoms with Gasteiger partial charge in [0, 0.05) is 23.6 Å². The Kier molecular flexibility index (Phi) is 4.92. The fourth-order valence-corrected chi connectivity index (χ4v) is 2.64. The van der Waals surface area contributed by atoms with Crippen molar-refractivity contribution in [1.82, 2.24) is 14.5 Å². The van der Waals surface area contributed by atoms with Crippen LogP contribution >= 0.6 is 27.5 Å². The number of anilines is 1. The molecule has 0 saturated heterocycles. The maximum absolute atomic E-state index is 12.4. The number of nitrogens with zero attached hydrogens (tertiary/aromatic N) is 3. The van der Waals surface area contributed by atoms with Crippen LogP contribution in [0.4, 0.5) is 5.82 Å². The lowest BCUT2D eigenvalue weighted by molar-refractivity contribution is -0.116. The molecule has 3 aromatic rings. The first-order valence-corrected chi connectivity index (χ1v) is 8.26. The molecule has 0 atom stereocenters. The van der Waals surface area contributed by atoms with Gasteiger partial charge >= 0.3 is 0 Å². The Bertz CT molecular complexity index is 956. The number of carbonyl (C=O) groups excluding carboxylic acids is 1. The van der Waals surface area contributed by atoms with Crippen molar-refractivity contribution < 1.29 is 4.79 Å². The minimum Gasteiger partial charge on any atom is -0.311 e. The quantitative estimate of drug-likeness (QED) is 0.720. The minimum atomic E-state index is -0.244. The molecule has 0 unspecified atom stereocenters. The van der Waals surface area contributed by atoms with Crippen molar-refractivity contribution >= 4 is 50.2 Å². The van der Waals surface area contributed by atoms with E-state index in [2.05, 4.69) is 31.2 Å². The summed E-state index contributed by atoms with van der Waals surface area (Å²) in [7, 11) is 0. The van der Waals surface area contributed by atoms with E-state index in [1.165, 1.54) is 17.1 Å². The molecule has 24 heavy (non-hydrogen) atoms. The summed E-state index contributed by atoms with van der Waals surface area (Å²) in [6.07, 6.45) is 3.03. The number of aryl methyl sites for hydroxylation is 1. The zero-order valence-electron chi connectivity index (χ0n) is 12.4. The highest BCUT2D eigenvalue weighted by Gasteiger charge is 2.08. The van der Waals surface area contributed by atoms with Crippen molar-refractivity contribution in [2.75, 3.05) is 5.32 Å². The maximum Gasteiger partial charge on any atom is 0.261 e. The van der Waals surface area contributed by atoms with Crippen molar-refractivity contribution in [2.45, 2.75) is 13.0 Å². The van der Waals surface area contributed by atoms with Crippen LogP contribution in [0.25, 0.3) is 10.9 Å². The van der Waals surface area contributed by atoms with Crippen molar-refractivity contribution in [3.8, 4) is 0 Å². The van der Waals surface area contributed by atoms with Crippen LogP contribution in [0.15, 0.2) is 52.1 Å². The van der Waals surface area contributed by atoms with Crippen LogP contribution in [-0.4, -0.2) is 20.4 Å². The van der Waals surface area contributed by atoms with Gasteiger partial charge in [-0.3, -0.25) is 14.2 Å². The molecule has 0 aliphatic heterocycles. The molecule has 2 aromatic heterocycles. The largest absolute Gasteiger partial charge is 0.311 e. The number of nitrogens with one attached hydrogen (secondary N) is 1. The molecule has 0 saturated carbocycles. The SMILES string of the molecule is O=C(CCn1cnc2ccc(Br)cc2c1=O)Nc1ccc(Cl)cn1. The second kappa shape index (κ2) is 7.11. The minimum absolute atomic E-state index is 0.130. The molecular formula is C16H12BrClN4O2. The van der Waals surface area contributed by atoms with Gasteiger partial charge in [-0.1, -0.05) is 27.5 Å². The molecule has 1 N–H and O–H groups in total. The topological polar surface area (TPSA) is 76.9 Å². The lowest BCUT2D eigenvalue weighted by Crippen LogP contribution is -2.23. The number of amides is 1. The molecule has 2 heterocycles. The molecule has 0 aliphatic carbocycles. The normalized spacial score (nSPS) is 10.8.